The standard InChI is InChI=1S/C24H17ClF3N3O3/c1-14-12-23(14)21(32)30(17-5-7-18(8-6-17)34-24(26,27)28)22(33)31(23)20-9-10-29-13-19(20)15-3-2-4-16(25)11-15/h2-11,13-14H,12H2,1H3. The van der Waals surface area contributed by atoms with Gasteiger partial charge in [-0.15, -0.1) is 13.2 Å². The Kier molecular flexibility index (Phi) is 5.05. The number of carbonyl (C=O) groups excluding carboxylic acids is 2. The van der Waals surface area contributed by atoms with Crippen LogP contribution in [0.1, 0.15) is 13.3 Å². The number of hydrogen-bond donors (Lipinski definition) is 0. The molecule has 2 fully saturated rings. The van der Waals surface area contributed by atoms with Crippen molar-refractivity contribution in [1.82, 2.24) is 4.98 Å². The Morgan fingerprint density at radius 1 is 1.12 bits per heavy atom. The minimum Gasteiger partial charge on any atom is -0.406 e. The van der Waals surface area contributed by atoms with Gasteiger partial charge in [0.15, 0.2) is 0 Å². The Labute approximate surface area is 197 Å². The lowest BCUT2D eigenvalue weighted by Gasteiger charge is -2.25. The molecule has 1 saturated heterocycles. The van der Waals surface area contributed by atoms with E-state index in [1.54, 1.807) is 30.5 Å². The molecule has 174 valence electrons. The van der Waals surface area contributed by atoms with Gasteiger partial charge in [-0.2, -0.15) is 0 Å². The molecule has 0 bridgehead atoms. The Bertz CT molecular complexity index is 1300. The minimum atomic E-state index is -4.84. The monoisotopic (exact) mass is 487 g/mol. The number of pyridine rings is 1. The molecular formula is C24H17ClF3N3O3. The lowest BCUT2D eigenvalue weighted by molar-refractivity contribution is -0.274. The van der Waals surface area contributed by atoms with Crippen molar-refractivity contribution < 1.29 is 27.5 Å². The Hall–Kier alpha value is -3.59. The van der Waals surface area contributed by atoms with Gasteiger partial charge in [-0.3, -0.25) is 14.7 Å². The molecule has 1 spiro atoms. The third-order valence-corrected chi connectivity index (χ3v) is 6.37. The largest absolute Gasteiger partial charge is 0.573 e. The quantitative estimate of drug-likeness (QED) is 0.420. The molecule has 2 atom stereocenters. The van der Waals surface area contributed by atoms with E-state index in [-0.39, 0.29) is 11.6 Å². The summed E-state index contributed by atoms with van der Waals surface area (Å²) >= 11 is 6.16. The molecule has 2 heterocycles. The second kappa shape index (κ2) is 7.73. The fraction of sp³-hybridized carbons (Fsp3) is 0.208. The lowest BCUT2D eigenvalue weighted by Crippen LogP contribution is -2.39. The molecule has 2 unspecified atom stereocenters. The normalized spacial score (nSPS) is 22.0. The fourth-order valence-corrected chi connectivity index (χ4v) is 4.66. The van der Waals surface area contributed by atoms with Crippen LogP contribution in [-0.4, -0.2) is 28.8 Å². The molecule has 2 aliphatic rings. The average molecular weight is 488 g/mol. The van der Waals surface area contributed by atoms with E-state index in [0.717, 1.165) is 22.6 Å². The highest BCUT2D eigenvalue weighted by atomic mass is 35.5. The van der Waals surface area contributed by atoms with Gasteiger partial charge in [0.1, 0.15) is 11.3 Å². The zero-order valence-corrected chi connectivity index (χ0v) is 18.5. The Morgan fingerprint density at radius 3 is 2.44 bits per heavy atom. The summed E-state index contributed by atoms with van der Waals surface area (Å²) < 4.78 is 41.4. The smallest absolute Gasteiger partial charge is 0.406 e. The fourth-order valence-electron chi connectivity index (χ4n) is 4.47. The number of hydrogen-bond acceptors (Lipinski definition) is 4. The number of ether oxygens (including phenoxy) is 1. The van der Waals surface area contributed by atoms with Crippen LogP contribution >= 0.6 is 11.6 Å². The third-order valence-electron chi connectivity index (χ3n) is 6.13. The van der Waals surface area contributed by atoms with Crippen LogP contribution in [0.3, 0.4) is 0 Å². The van der Waals surface area contributed by atoms with Crippen LogP contribution in [0.5, 0.6) is 5.75 Å². The van der Waals surface area contributed by atoms with Crippen molar-refractivity contribution in [3.05, 3.63) is 72.0 Å². The van der Waals surface area contributed by atoms with Gasteiger partial charge >= 0.3 is 12.4 Å². The zero-order chi connectivity index (χ0) is 24.3. The van der Waals surface area contributed by atoms with E-state index in [1.165, 1.54) is 23.2 Å². The maximum absolute atomic E-state index is 13.7. The summed E-state index contributed by atoms with van der Waals surface area (Å²) in [7, 11) is 0. The molecule has 3 aromatic rings. The molecule has 0 N–H and O–H groups in total. The number of amides is 3. The maximum Gasteiger partial charge on any atom is 0.573 e. The molecule has 1 aliphatic heterocycles. The van der Waals surface area contributed by atoms with Gasteiger partial charge in [0.25, 0.3) is 5.91 Å². The first-order valence-electron chi connectivity index (χ1n) is 10.4. The first kappa shape index (κ1) is 22.2. The van der Waals surface area contributed by atoms with Crippen molar-refractivity contribution >= 4 is 34.9 Å². The summed E-state index contributed by atoms with van der Waals surface area (Å²) in [5, 5.41) is 0.508. The number of halogens is 4. The van der Waals surface area contributed by atoms with E-state index >= 15 is 0 Å². The number of aromatic nitrogens is 1. The molecule has 0 radical (unpaired) electrons. The summed E-state index contributed by atoms with van der Waals surface area (Å²) in [6.45, 7) is 1.88. The number of carbonyl (C=O) groups is 2. The van der Waals surface area contributed by atoms with E-state index in [9.17, 15) is 22.8 Å². The second-order valence-electron chi connectivity index (χ2n) is 8.23. The van der Waals surface area contributed by atoms with E-state index < -0.39 is 29.6 Å². The van der Waals surface area contributed by atoms with Crippen molar-refractivity contribution in [1.29, 1.82) is 0 Å². The number of rotatable bonds is 4. The summed E-state index contributed by atoms with van der Waals surface area (Å²) in [6.07, 6.45) is -1.25. The van der Waals surface area contributed by atoms with E-state index in [2.05, 4.69) is 9.72 Å². The van der Waals surface area contributed by atoms with Crippen molar-refractivity contribution in [3.63, 3.8) is 0 Å². The van der Waals surface area contributed by atoms with Crippen LogP contribution in [0.2, 0.25) is 5.02 Å². The van der Waals surface area contributed by atoms with Crippen LogP contribution in [0, 0.1) is 5.92 Å². The molecule has 10 heteroatoms. The highest BCUT2D eigenvalue weighted by Gasteiger charge is 2.70. The highest BCUT2D eigenvalue weighted by molar-refractivity contribution is 6.32. The molecule has 2 aromatic carbocycles. The van der Waals surface area contributed by atoms with Gasteiger partial charge in [0.05, 0.1) is 11.4 Å². The molecule has 34 heavy (non-hydrogen) atoms. The van der Waals surface area contributed by atoms with Gasteiger partial charge in [-0.1, -0.05) is 30.7 Å². The number of nitrogens with zero attached hydrogens (tertiary/aromatic N) is 3. The van der Waals surface area contributed by atoms with Crippen molar-refractivity contribution in [2.45, 2.75) is 25.2 Å². The van der Waals surface area contributed by atoms with Gasteiger partial charge in [-0.25, -0.2) is 9.69 Å². The SMILES string of the molecule is CC1CC12C(=O)N(c1ccc(OC(F)(F)F)cc1)C(=O)N2c1ccncc1-c1cccc(Cl)c1. The predicted molar refractivity (Wildman–Crippen MR) is 120 cm³/mol. The first-order chi connectivity index (χ1) is 16.1. The highest BCUT2D eigenvalue weighted by Crippen LogP contribution is 2.56. The van der Waals surface area contributed by atoms with Crippen LogP contribution in [0.15, 0.2) is 67.0 Å². The van der Waals surface area contributed by atoms with E-state index in [4.69, 9.17) is 11.6 Å². The minimum absolute atomic E-state index is 0.109. The van der Waals surface area contributed by atoms with Gasteiger partial charge in [-0.05, 0) is 60.4 Å². The van der Waals surface area contributed by atoms with Crippen LogP contribution in [-0.2, 0) is 4.79 Å². The van der Waals surface area contributed by atoms with Crippen molar-refractivity contribution in [3.8, 4) is 16.9 Å². The summed E-state index contributed by atoms with van der Waals surface area (Å²) in [6, 6.07) is 12.8. The number of urea groups is 1. The molecule has 1 aromatic heterocycles. The van der Waals surface area contributed by atoms with Crippen molar-refractivity contribution in [2.75, 3.05) is 9.80 Å². The molecule has 1 aliphatic carbocycles. The summed E-state index contributed by atoms with van der Waals surface area (Å²) in [5.41, 5.74) is 0.933. The number of alkyl halides is 3. The van der Waals surface area contributed by atoms with Gasteiger partial charge < -0.3 is 4.74 Å². The second-order valence-corrected chi connectivity index (χ2v) is 8.67. The van der Waals surface area contributed by atoms with Crippen molar-refractivity contribution in [2.24, 2.45) is 5.92 Å². The van der Waals surface area contributed by atoms with Crippen LogP contribution < -0.4 is 14.5 Å². The van der Waals surface area contributed by atoms with Gasteiger partial charge in [0, 0.05) is 23.0 Å². The van der Waals surface area contributed by atoms with E-state index in [0.29, 0.717) is 22.7 Å². The lowest BCUT2D eigenvalue weighted by atomic mass is 10.0. The van der Waals surface area contributed by atoms with E-state index in [1.807, 2.05) is 13.0 Å². The number of imide groups is 1. The molecule has 5 rings (SSSR count). The topological polar surface area (TPSA) is 62.7 Å². The Morgan fingerprint density at radius 2 is 1.82 bits per heavy atom. The number of benzene rings is 2. The zero-order valence-electron chi connectivity index (χ0n) is 17.7. The van der Waals surface area contributed by atoms with Gasteiger partial charge in [0.2, 0.25) is 0 Å². The predicted octanol–water partition coefficient (Wildman–Crippen LogP) is 6.05. The average Bonchev–Trinajstić information content (AvgIpc) is 3.39. The summed E-state index contributed by atoms with van der Waals surface area (Å²) in [5.74, 6) is -0.982. The first-order valence-corrected chi connectivity index (χ1v) is 10.7. The van der Waals surface area contributed by atoms with Crippen LogP contribution in [0.4, 0.5) is 29.3 Å². The number of anilines is 2. The molecule has 6 nitrogen and oxygen atoms in total. The summed E-state index contributed by atoms with van der Waals surface area (Å²) in [4.78, 5) is 33.8. The molecular weight excluding hydrogens is 471 g/mol. The van der Waals surface area contributed by atoms with Crippen LogP contribution in [0.25, 0.3) is 11.1 Å². The molecule has 1 saturated carbocycles. The maximum atomic E-state index is 13.7. The Balaban J connectivity index is 1.56. The third kappa shape index (κ3) is 3.56. The molecule has 3 amide bonds.